The van der Waals surface area contributed by atoms with Crippen LogP contribution in [-0.4, -0.2) is 50.2 Å². The fourth-order valence-electron chi connectivity index (χ4n) is 2.83. The molecule has 1 saturated heterocycles. The van der Waals surface area contributed by atoms with E-state index in [0.717, 1.165) is 12.6 Å². The fraction of sp³-hybridized carbons (Fsp3) is 0.533. The molecular weight excluding hydrogens is 328 g/mol. The van der Waals surface area contributed by atoms with Gasteiger partial charge in [0.05, 0.1) is 12.6 Å². The highest BCUT2D eigenvalue weighted by atomic mass is 35.5. The van der Waals surface area contributed by atoms with E-state index in [4.69, 9.17) is 10.5 Å². The number of ether oxygens (including phenoxy) is 1. The predicted molar refractivity (Wildman–Crippen MR) is 85.4 cm³/mol. The number of likely N-dealkylation sites (tertiary alicyclic amines) is 1. The second kappa shape index (κ2) is 8.54. The number of nitrogens with one attached hydrogen (secondary N) is 1. The number of methoxy groups -OCH3 is 1. The lowest BCUT2D eigenvalue weighted by atomic mass is 9.99. The maximum atomic E-state index is 13.5. The molecule has 0 radical (unpaired) electrons. The van der Waals surface area contributed by atoms with Crippen LogP contribution in [0.15, 0.2) is 18.2 Å². The van der Waals surface area contributed by atoms with Crippen molar-refractivity contribution < 1.29 is 18.3 Å². The molecule has 3 unspecified atom stereocenters. The third-order valence-corrected chi connectivity index (χ3v) is 3.94. The molecule has 2 rings (SSSR count). The van der Waals surface area contributed by atoms with Crippen molar-refractivity contribution in [2.45, 2.75) is 24.5 Å². The maximum absolute atomic E-state index is 13.5. The average Bonchev–Trinajstić information content (AvgIpc) is 2.83. The molecule has 1 heterocycles. The van der Waals surface area contributed by atoms with Crippen LogP contribution < -0.4 is 11.1 Å². The summed E-state index contributed by atoms with van der Waals surface area (Å²) in [5, 5.41) is 2.87. The lowest BCUT2D eigenvalue weighted by Gasteiger charge is -2.27. The van der Waals surface area contributed by atoms with Gasteiger partial charge in [-0.25, -0.2) is 8.78 Å². The van der Waals surface area contributed by atoms with Gasteiger partial charge < -0.3 is 15.8 Å². The molecule has 1 amide bonds. The Hall–Kier alpha value is -1.28. The zero-order valence-electron chi connectivity index (χ0n) is 13.1. The van der Waals surface area contributed by atoms with E-state index in [0.29, 0.717) is 12.0 Å². The van der Waals surface area contributed by atoms with E-state index in [9.17, 15) is 13.6 Å². The molecule has 0 spiro atoms. The van der Waals surface area contributed by atoms with Crippen LogP contribution in [0.5, 0.6) is 0 Å². The first-order chi connectivity index (χ1) is 10.4. The van der Waals surface area contributed by atoms with Crippen LogP contribution in [0, 0.1) is 11.6 Å². The quantitative estimate of drug-likeness (QED) is 0.839. The minimum Gasteiger partial charge on any atom is -0.383 e. The largest absolute Gasteiger partial charge is 0.383 e. The van der Waals surface area contributed by atoms with Crippen LogP contribution in [-0.2, 0) is 9.53 Å². The van der Waals surface area contributed by atoms with Gasteiger partial charge in [0.25, 0.3) is 0 Å². The standard InChI is InChI=1S/C15H21F2N3O2.ClH/c1-20-6-5-13(19-15(21)12(18)8-22-2)14(20)9-3-4-10(16)11(17)7-9;/h3-4,7,12-14H,5-6,8,18H2,1-2H3,(H,19,21);1H. The van der Waals surface area contributed by atoms with Gasteiger partial charge in [-0.1, -0.05) is 6.07 Å². The number of hydrogen-bond acceptors (Lipinski definition) is 4. The zero-order valence-corrected chi connectivity index (χ0v) is 13.9. The Morgan fingerprint density at radius 3 is 2.78 bits per heavy atom. The predicted octanol–water partition coefficient (Wildman–Crippen LogP) is 1.22. The molecule has 5 nitrogen and oxygen atoms in total. The molecule has 0 saturated carbocycles. The average molecular weight is 350 g/mol. The van der Waals surface area contributed by atoms with Crippen LogP contribution in [0.2, 0.25) is 0 Å². The van der Waals surface area contributed by atoms with E-state index in [1.807, 2.05) is 11.9 Å². The summed E-state index contributed by atoms with van der Waals surface area (Å²) in [5.41, 5.74) is 6.34. The van der Waals surface area contributed by atoms with Crippen molar-refractivity contribution in [1.29, 1.82) is 0 Å². The summed E-state index contributed by atoms with van der Waals surface area (Å²) in [5.74, 6) is -2.08. The second-order valence-electron chi connectivity index (χ2n) is 5.56. The van der Waals surface area contributed by atoms with Crippen molar-refractivity contribution in [3.8, 4) is 0 Å². The molecule has 3 atom stereocenters. The lowest BCUT2D eigenvalue weighted by molar-refractivity contribution is -0.124. The molecule has 1 fully saturated rings. The molecule has 23 heavy (non-hydrogen) atoms. The Kier molecular flexibility index (Phi) is 7.34. The highest BCUT2D eigenvalue weighted by Gasteiger charge is 2.35. The van der Waals surface area contributed by atoms with Crippen LogP contribution in [0.3, 0.4) is 0 Å². The topological polar surface area (TPSA) is 67.6 Å². The third-order valence-electron chi connectivity index (χ3n) is 3.94. The van der Waals surface area contributed by atoms with E-state index in [2.05, 4.69) is 5.32 Å². The van der Waals surface area contributed by atoms with E-state index in [-0.39, 0.29) is 37.0 Å². The molecule has 130 valence electrons. The lowest BCUT2D eigenvalue weighted by Crippen LogP contribution is -2.48. The highest BCUT2D eigenvalue weighted by Crippen LogP contribution is 2.31. The Balaban J connectivity index is 0.00000264. The van der Waals surface area contributed by atoms with Crippen LogP contribution in [0.4, 0.5) is 8.78 Å². The summed E-state index contributed by atoms with van der Waals surface area (Å²) in [6.45, 7) is 0.873. The van der Waals surface area contributed by atoms with Crippen molar-refractivity contribution in [2.24, 2.45) is 5.73 Å². The van der Waals surface area contributed by atoms with Crippen molar-refractivity contribution in [2.75, 3.05) is 27.3 Å². The first kappa shape index (κ1) is 19.8. The number of carbonyl (C=O) groups is 1. The summed E-state index contributed by atoms with van der Waals surface area (Å²) in [6, 6.07) is 2.65. The number of hydrogen-bond donors (Lipinski definition) is 2. The van der Waals surface area contributed by atoms with Gasteiger partial charge in [0, 0.05) is 19.7 Å². The van der Waals surface area contributed by atoms with Crippen molar-refractivity contribution in [3.05, 3.63) is 35.4 Å². The van der Waals surface area contributed by atoms with Gasteiger partial charge in [0.15, 0.2) is 11.6 Å². The summed E-state index contributed by atoms with van der Waals surface area (Å²) >= 11 is 0. The van der Waals surface area contributed by atoms with E-state index in [1.54, 1.807) is 6.07 Å². The number of nitrogens with two attached hydrogens (primary N) is 1. The first-order valence-corrected chi connectivity index (χ1v) is 7.14. The molecule has 1 aromatic carbocycles. The number of rotatable bonds is 5. The monoisotopic (exact) mass is 349 g/mol. The number of likely N-dealkylation sites (N-methyl/N-ethyl adjacent to an activating group) is 1. The van der Waals surface area contributed by atoms with Crippen LogP contribution in [0.25, 0.3) is 0 Å². The Labute approximate surface area is 140 Å². The zero-order chi connectivity index (χ0) is 16.3. The van der Waals surface area contributed by atoms with E-state index < -0.39 is 17.7 Å². The van der Waals surface area contributed by atoms with Gasteiger partial charge in [-0.05, 0) is 31.2 Å². The maximum Gasteiger partial charge on any atom is 0.239 e. The van der Waals surface area contributed by atoms with Gasteiger partial charge in [-0.3, -0.25) is 9.69 Å². The Morgan fingerprint density at radius 2 is 2.17 bits per heavy atom. The summed E-state index contributed by atoms with van der Waals surface area (Å²) in [6.07, 6.45) is 0.714. The Morgan fingerprint density at radius 1 is 1.48 bits per heavy atom. The summed E-state index contributed by atoms with van der Waals surface area (Å²) in [7, 11) is 3.35. The highest BCUT2D eigenvalue weighted by molar-refractivity contribution is 5.85. The molecule has 0 aromatic heterocycles. The number of carbonyl (C=O) groups excluding carboxylic acids is 1. The number of nitrogens with zero attached hydrogens (tertiary/aromatic N) is 1. The summed E-state index contributed by atoms with van der Waals surface area (Å²) in [4.78, 5) is 14.0. The minimum absolute atomic E-state index is 0. The van der Waals surface area contributed by atoms with Crippen molar-refractivity contribution >= 4 is 18.3 Å². The van der Waals surface area contributed by atoms with Gasteiger partial charge in [0.1, 0.15) is 6.04 Å². The third kappa shape index (κ3) is 4.60. The smallest absolute Gasteiger partial charge is 0.239 e. The van der Waals surface area contributed by atoms with Crippen LogP contribution >= 0.6 is 12.4 Å². The summed E-state index contributed by atoms with van der Waals surface area (Å²) < 4.78 is 31.4. The fourth-order valence-corrected chi connectivity index (χ4v) is 2.83. The molecule has 3 N–H and O–H groups in total. The first-order valence-electron chi connectivity index (χ1n) is 7.14. The number of halogens is 3. The van der Waals surface area contributed by atoms with E-state index >= 15 is 0 Å². The minimum atomic E-state index is -0.890. The van der Waals surface area contributed by atoms with Crippen molar-refractivity contribution in [3.63, 3.8) is 0 Å². The second-order valence-corrected chi connectivity index (χ2v) is 5.56. The molecule has 1 aromatic rings. The van der Waals surface area contributed by atoms with Gasteiger partial charge in [0.2, 0.25) is 5.91 Å². The number of benzene rings is 1. The van der Waals surface area contributed by atoms with Gasteiger partial charge >= 0.3 is 0 Å². The SMILES string of the molecule is COCC(N)C(=O)NC1CCN(C)C1c1ccc(F)c(F)c1.Cl. The molecular formula is C15H22ClF2N3O2. The molecule has 1 aliphatic heterocycles. The van der Waals surface area contributed by atoms with Crippen molar-refractivity contribution in [1.82, 2.24) is 10.2 Å². The molecule has 8 heteroatoms. The Bertz CT molecular complexity index is 547. The van der Waals surface area contributed by atoms with Gasteiger partial charge in [-0.2, -0.15) is 0 Å². The van der Waals surface area contributed by atoms with E-state index in [1.165, 1.54) is 13.2 Å². The number of amides is 1. The molecule has 1 aliphatic rings. The van der Waals surface area contributed by atoms with Gasteiger partial charge in [-0.15, -0.1) is 12.4 Å². The van der Waals surface area contributed by atoms with Crippen LogP contribution in [0.1, 0.15) is 18.0 Å². The molecule has 0 bridgehead atoms. The normalized spacial score (nSPS) is 22.5. The molecule has 0 aliphatic carbocycles.